The van der Waals surface area contributed by atoms with E-state index < -0.39 is 10.0 Å². The molecule has 0 aromatic heterocycles. The standard InChI is InChI=1S/C21H26BrN3O3S/c22-18-6-7-20-17(16-18)9-15-28-21(20)8-12-25(24-13-10-23-11-14-24)29(26,27)19-4-2-1-3-5-19/h1-7,16,21,23H,8-15H2. The van der Waals surface area contributed by atoms with Crippen LogP contribution in [-0.4, -0.2) is 57.2 Å². The molecule has 6 nitrogen and oxygen atoms in total. The van der Waals surface area contributed by atoms with E-state index in [9.17, 15) is 8.42 Å². The van der Waals surface area contributed by atoms with Gasteiger partial charge in [-0.15, -0.1) is 4.41 Å². The molecular weight excluding hydrogens is 454 g/mol. The molecule has 2 aliphatic rings. The molecule has 0 amide bonds. The third kappa shape index (κ3) is 4.73. The summed E-state index contributed by atoms with van der Waals surface area (Å²) in [5, 5.41) is 5.24. The van der Waals surface area contributed by atoms with Gasteiger partial charge in [0.15, 0.2) is 0 Å². The molecular formula is C21H26BrN3O3S. The predicted octanol–water partition coefficient (Wildman–Crippen LogP) is 2.96. The summed E-state index contributed by atoms with van der Waals surface area (Å²) in [6.07, 6.45) is 1.41. The number of halogens is 1. The highest BCUT2D eigenvalue weighted by Crippen LogP contribution is 2.32. The molecule has 29 heavy (non-hydrogen) atoms. The second kappa shape index (κ2) is 9.24. The first kappa shape index (κ1) is 21.0. The average Bonchev–Trinajstić information content (AvgIpc) is 2.75. The van der Waals surface area contributed by atoms with Gasteiger partial charge < -0.3 is 10.1 Å². The topological polar surface area (TPSA) is 61.9 Å². The van der Waals surface area contributed by atoms with Crippen LogP contribution >= 0.6 is 15.9 Å². The lowest BCUT2D eigenvalue weighted by atomic mass is 9.96. The van der Waals surface area contributed by atoms with Gasteiger partial charge in [-0.1, -0.05) is 40.2 Å². The van der Waals surface area contributed by atoms with Crippen molar-refractivity contribution in [3.05, 3.63) is 64.1 Å². The van der Waals surface area contributed by atoms with Crippen molar-refractivity contribution in [3.8, 4) is 0 Å². The number of fused-ring (bicyclic) bond motifs is 1. The summed E-state index contributed by atoms with van der Waals surface area (Å²) in [5.74, 6) is 0. The largest absolute Gasteiger partial charge is 0.373 e. The third-order valence-corrected chi connectivity index (χ3v) is 7.78. The van der Waals surface area contributed by atoms with Crippen molar-refractivity contribution in [3.63, 3.8) is 0 Å². The number of hydrogen-bond donors (Lipinski definition) is 1. The van der Waals surface area contributed by atoms with Gasteiger partial charge in [-0.25, -0.2) is 13.4 Å². The van der Waals surface area contributed by atoms with Crippen LogP contribution in [0.3, 0.4) is 0 Å². The molecule has 1 N–H and O–H groups in total. The van der Waals surface area contributed by atoms with Gasteiger partial charge in [-0.05, 0) is 48.2 Å². The maximum Gasteiger partial charge on any atom is 0.255 e. The fourth-order valence-corrected chi connectivity index (χ4v) is 5.94. The SMILES string of the molecule is O=S(=O)(c1ccccc1)N(CCC1OCCc2cc(Br)ccc21)N1CCNCC1. The Morgan fingerprint density at radius 2 is 1.90 bits per heavy atom. The van der Waals surface area contributed by atoms with Crippen molar-refractivity contribution < 1.29 is 13.2 Å². The van der Waals surface area contributed by atoms with E-state index >= 15 is 0 Å². The molecule has 1 atom stereocenters. The van der Waals surface area contributed by atoms with Gasteiger partial charge in [0.1, 0.15) is 0 Å². The smallest absolute Gasteiger partial charge is 0.255 e. The highest BCUT2D eigenvalue weighted by atomic mass is 79.9. The first-order chi connectivity index (χ1) is 14.1. The van der Waals surface area contributed by atoms with Crippen molar-refractivity contribution in [1.29, 1.82) is 0 Å². The molecule has 0 aliphatic carbocycles. The van der Waals surface area contributed by atoms with Gasteiger partial charge in [0, 0.05) is 37.2 Å². The number of rotatable bonds is 6. The van der Waals surface area contributed by atoms with Crippen molar-refractivity contribution in [2.24, 2.45) is 0 Å². The molecule has 2 aliphatic heterocycles. The lowest BCUT2D eigenvalue weighted by Gasteiger charge is -2.37. The molecule has 156 valence electrons. The Bertz CT molecular complexity index is 933. The number of nitrogens with zero attached hydrogens (tertiary/aromatic N) is 2. The highest BCUT2D eigenvalue weighted by Gasteiger charge is 2.32. The van der Waals surface area contributed by atoms with Gasteiger partial charge >= 0.3 is 0 Å². The molecule has 0 saturated carbocycles. The maximum atomic E-state index is 13.4. The van der Waals surface area contributed by atoms with Crippen LogP contribution in [0.25, 0.3) is 0 Å². The zero-order valence-electron chi connectivity index (χ0n) is 16.3. The van der Waals surface area contributed by atoms with Gasteiger partial charge in [0.25, 0.3) is 10.0 Å². The van der Waals surface area contributed by atoms with E-state index in [0.29, 0.717) is 37.6 Å². The normalized spacial score (nSPS) is 20.6. The number of hydrogen-bond acceptors (Lipinski definition) is 5. The molecule has 1 fully saturated rings. The van der Waals surface area contributed by atoms with E-state index in [2.05, 4.69) is 33.4 Å². The van der Waals surface area contributed by atoms with Crippen molar-refractivity contribution in [2.45, 2.75) is 23.8 Å². The number of ether oxygens (including phenoxy) is 1. The van der Waals surface area contributed by atoms with E-state index in [1.807, 2.05) is 17.1 Å². The summed E-state index contributed by atoms with van der Waals surface area (Å²) in [7, 11) is -3.62. The zero-order chi connectivity index (χ0) is 20.3. The summed E-state index contributed by atoms with van der Waals surface area (Å²) in [5.41, 5.74) is 2.44. The summed E-state index contributed by atoms with van der Waals surface area (Å²) in [6.45, 7) is 3.93. The summed E-state index contributed by atoms with van der Waals surface area (Å²) >= 11 is 3.54. The minimum absolute atomic E-state index is 0.0942. The lowest BCUT2D eigenvalue weighted by Crippen LogP contribution is -2.54. The lowest BCUT2D eigenvalue weighted by molar-refractivity contribution is 0.00359. The molecule has 1 saturated heterocycles. The van der Waals surface area contributed by atoms with E-state index in [-0.39, 0.29) is 6.10 Å². The van der Waals surface area contributed by atoms with Crippen LogP contribution in [-0.2, 0) is 21.2 Å². The average molecular weight is 480 g/mol. The molecule has 2 heterocycles. The quantitative estimate of drug-likeness (QED) is 0.689. The van der Waals surface area contributed by atoms with Crippen LogP contribution in [0.5, 0.6) is 0 Å². The third-order valence-electron chi connectivity index (χ3n) is 5.45. The first-order valence-corrected chi connectivity index (χ1v) is 12.2. The van der Waals surface area contributed by atoms with E-state index in [1.54, 1.807) is 28.7 Å². The molecule has 4 rings (SSSR count). The highest BCUT2D eigenvalue weighted by molar-refractivity contribution is 9.10. The van der Waals surface area contributed by atoms with Gasteiger partial charge in [0.05, 0.1) is 17.6 Å². The Hall–Kier alpha value is -1.29. The Morgan fingerprint density at radius 1 is 1.14 bits per heavy atom. The van der Waals surface area contributed by atoms with E-state index in [0.717, 1.165) is 29.5 Å². The maximum absolute atomic E-state index is 13.4. The molecule has 8 heteroatoms. The molecule has 0 radical (unpaired) electrons. The zero-order valence-corrected chi connectivity index (χ0v) is 18.7. The van der Waals surface area contributed by atoms with Crippen LogP contribution in [0.15, 0.2) is 57.9 Å². The number of benzene rings is 2. The monoisotopic (exact) mass is 479 g/mol. The number of hydrazine groups is 1. The van der Waals surface area contributed by atoms with Crippen LogP contribution in [0.2, 0.25) is 0 Å². The molecule has 2 aromatic rings. The van der Waals surface area contributed by atoms with Crippen LogP contribution in [0, 0.1) is 0 Å². The summed E-state index contributed by atoms with van der Waals surface area (Å²) in [6, 6.07) is 14.9. The van der Waals surface area contributed by atoms with Crippen molar-refractivity contribution in [1.82, 2.24) is 14.7 Å². The van der Waals surface area contributed by atoms with Crippen molar-refractivity contribution >= 4 is 26.0 Å². The fourth-order valence-electron chi connectivity index (χ4n) is 3.98. The molecule has 0 spiro atoms. The van der Waals surface area contributed by atoms with Gasteiger partial charge in [-0.3, -0.25) is 0 Å². The minimum Gasteiger partial charge on any atom is -0.373 e. The summed E-state index contributed by atoms with van der Waals surface area (Å²) in [4.78, 5) is 0.326. The van der Waals surface area contributed by atoms with Crippen LogP contribution in [0.4, 0.5) is 0 Å². The van der Waals surface area contributed by atoms with E-state index in [4.69, 9.17) is 4.74 Å². The van der Waals surface area contributed by atoms with Crippen LogP contribution in [0.1, 0.15) is 23.7 Å². The molecule has 1 unspecified atom stereocenters. The molecule has 2 aromatic carbocycles. The number of sulfonamides is 1. The van der Waals surface area contributed by atoms with Crippen LogP contribution < -0.4 is 5.32 Å². The molecule has 0 bridgehead atoms. The fraction of sp³-hybridized carbons (Fsp3) is 0.429. The Kier molecular flexibility index (Phi) is 6.68. The Morgan fingerprint density at radius 3 is 2.66 bits per heavy atom. The summed E-state index contributed by atoms with van der Waals surface area (Å²) < 4.78 is 35.5. The van der Waals surface area contributed by atoms with Gasteiger partial charge in [-0.2, -0.15) is 0 Å². The predicted molar refractivity (Wildman–Crippen MR) is 116 cm³/mol. The second-order valence-corrected chi connectivity index (χ2v) is 10.1. The number of piperazine rings is 1. The van der Waals surface area contributed by atoms with E-state index in [1.165, 1.54) is 5.56 Å². The Labute approximate surface area is 181 Å². The minimum atomic E-state index is -3.62. The second-order valence-electron chi connectivity index (χ2n) is 7.31. The Balaban J connectivity index is 1.57. The first-order valence-electron chi connectivity index (χ1n) is 9.99. The number of nitrogens with one attached hydrogen (secondary N) is 1. The van der Waals surface area contributed by atoms with Crippen molar-refractivity contribution in [2.75, 3.05) is 39.3 Å². The van der Waals surface area contributed by atoms with Gasteiger partial charge in [0.2, 0.25) is 0 Å².